The summed E-state index contributed by atoms with van der Waals surface area (Å²) in [7, 11) is 1.58. The largest absolute Gasteiger partial charge is 0.497 e. The zero-order valence-electron chi connectivity index (χ0n) is 19.2. The number of fused-ring (bicyclic) bond motifs is 1. The first-order chi connectivity index (χ1) is 16.6. The third-order valence-corrected chi connectivity index (χ3v) is 6.26. The molecule has 0 radical (unpaired) electrons. The molecule has 2 aliphatic heterocycles. The molecule has 8 heteroatoms. The maximum Gasteiger partial charge on any atom is 0.254 e. The van der Waals surface area contributed by atoms with Crippen molar-refractivity contribution >= 4 is 11.9 Å². The van der Waals surface area contributed by atoms with Crippen molar-refractivity contribution in [3.05, 3.63) is 71.2 Å². The summed E-state index contributed by atoms with van der Waals surface area (Å²) >= 11 is 0. The molecule has 176 valence electrons. The lowest BCUT2D eigenvalue weighted by Gasteiger charge is -2.32. The van der Waals surface area contributed by atoms with E-state index in [1.165, 1.54) is 18.6 Å². The fourth-order valence-electron chi connectivity index (χ4n) is 4.45. The van der Waals surface area contributed by atoms with Crippen molar-refractivity contribution in [3.63, 3.8) is 0 Å². The van der Waals surface area contributed by atoms with Crippen molar-refractivity contribution < 1.29 is 18.7 Å². The first kappa shape index (κ1) is 22.1. The van der Waals surface area contributed by atoms with Crippen LogP contribution in [-0.2, 0) is 13.0 Å². The van der Waals surface area contributed by atoms with Gasteiger partial charge < -0.3 is 19.3 Å². The molecular weight excluding hydrogens is 435 g/mol. The number of carbonyl (C=O) groups is 1. The van der Waals surface area contributed by atoms with Gasteiger partial charge in [-0.2, -0.15) is 4.98 Å². The molecule has 2 aliphatic rings. The molecule has 1 saturated heterocycles. The van der Waals surface area contributed by atoms with Crippen LogP contribution in [0.1, 0.15) is 40.9 Å². The molecule has 34 heavy (non-hydrogen) atoms. The Morgan fingerprint density at radius 1 is 0.971 bits per heavy atom. The highest BCUT2D eigenvalue weighted by Crippen LogP contribution is 2.33. The van der Waals surface area contributed by atoms with Crippen molar-refractivity contribution in [2.24, 2.45) is 0 Å². The van der Waals surface area contributed by atoms with Gasteiger partial charge in [-0.1, -0.05) is 12.1 Å². The van der Waals surface area contributed by atoms with Gasteiger partial charge in [-0.25, -0.2) is 9.37 Å². The van der Waals surface area contributed by atoms with Crippen LogP contribution in [0.4, 0.5) is 10.3 Å². The average molecular weight is 463 g/mol. The topological polar surface area (TPSA) is 67.8 Å². The first-order valence-corrected chi connectivity index (χ1v) is 11.6. The van der Waals surface area contributed by atoms with Crippen molar-refractivity contribution in [2.45, 2.75) is 32.2 Å². The second kappa shape index (κ2) is 9.67. The Bertz CT molecular complexity index is 1200. The van der Waals surface area contributed by atoms with E-state index in [-0.39, 0.29) is 11.7 Å². The maximum absolute atomic E-state index is 13.8. The highest BCUT2D eigenvalue weighted by atomic mass is 19.1. The van der Waals surface area contributed by atoms with Crippen LogP contribution < -0.4 is 14.4 Å². The number of hydrogen-bond acceptors (Lipinski definition) is 6. The molecule has 0 saturated carbocycles. The summed E-state index contributed by atoms with van der Waals surface area (Å²) < 4.78 is 25.2. The number of benzene rings is 2. The number of hydrogen-bond donors (Lipinski definition) is 0. The van der Waals surface area contributed by atoms with Gasteiger partial charge in [0.2, 0.25) is 11.8 Å². The third kappa shape index (κ3) is 4.66. The van der Waals surface area contributed by atoms with Gasteiger partial charge in [-0.3, -0.25) is 4.79 Å². The van der Waals surface area contributed by atoms with Gasteiger partial charge in [-0.05, 0) is 49.6 Å². The highest BCUT2D eigenvalue weighted by Gasteiger charge is 2.29. The molecule has 0 spiro atoms. The number of rotatable bonds is 5. The lowest BCUT2D eigenvalue weighted by Crippen LogP contribution is -2.37. The Labute approximate surface area is 198 Å². The lowest BCUT2D eigenvalue weighted by atomic mass is 10.0. The summed E-state index contributed by atoms with van der Waals surface area (Å²) in [5.74, 6) is 1.53. The van der Waals surface area contributed by atoms with Crippen molar-refractivity contribution in [1.29, 1.82) is 0 Å². The minimum Gasteiger partial charge on any atom is -0.497 e. The molecule has 0 unspecified atom stereocenters. The molecule has 2 aromatic carbocycles. The smallest absolute Gasteiger partial charge is 0.254 e. The molecule has 3 aromatic rings. The number of aromatic nitrogens is 2. The average Bonchev–Trinajstić information content (AvgIpc) is 2.88. The summed E-state index contributed by atoms with van der Waals surface area (Å²) in [5, 5.41) is 0. The fraction of sp³-hybridized carbons (Fsp3) is 0.346. The van der Waals surface area contributed by atoms with Gasteiger partial charge in [0, 0.05) is 37.7 Å². The fourth-order valence-corrected chi connectivity index (χ4v) is 4.45. The third-order valence-electron chi connectivity index (χ3n) is 6.26. The molecule has 0 aliphatic carbocycles. The first-order valence-electron chi connectivity index (χ1n) is 11.6. The van der Waals surface area contributed by atoms with Crippen LogP contribution in [0, 0.1) is 5.82 Å². The van der Waals surface area contributed by atoms with Crippen LogP contribution in [0.5, 0.6) is 17.4 Å². The normalized spacial score (nSPS) is 15.6. The second-order valence-corrected chi connectivity index (χ2v) is 8.57. The van der Waals surface area contributed by atoms with E-state index in [4.69, 9.17) is 19.4 Å². The predicted octanol–water partition coefficient (Wildman–Crippen LogP) is 4.61. The molecule has 3 heterocycles. The second-order valence-electron chi connectivity index (χ2n) is 8.57. The van der Waals surface area contributed by atoms with Gasteiger partial charge in [0.1, 0.15) is 17.3 Å². The van der Waals surface area contributed by atoms with E-state index < -0.39 is 0 Å². The minimum absolute atomic E-state index is 0.0960. The Morgan fingerprint density at radius 3 is 2.56 bits per heavy atom. The zero-order chi connectivity index (χ0) is 23.5. The van der Waals surface area contributed by atoms with Crippen LogP contribution in [0.3, 0.4) is 0 Å². The molecule has 1 fully saturated rings. The van der Waals surface area contributed by atoms with Crippen LogP contribution in [0.25, 0.3) is 0 Å². The monoisotopic (exact) mass is 462 g/mol. The number of piperidine rings is 1. The Balaban J connectivity index is 1.48. The minimum atomic E-state index is -0.383. The van der Waals surface area contributed by atoms with Crippen LogP contribution in [0.2, 0.25) is 0 Å². The van der Waals surface area contributed by atoms with Crippen molar-refractivity contribution in [1.82, 2.24) is 14.9 Å². The van der Waals surface area contributed by atoms with E-state index in [0.29, 0.717) is 48.4 Å². The molecule has 0 N–H and O–H groups in total. The Hall–Kier alpha value is -3.68. The maximum atomic E-state index is 13.8. The quantitative estimate of drug-likeness (QED) is 0.552. The van der Waals surface area contributed by atoms with Crippen molar-refractivity contribution in [2.75, 3.05) is 31.6 Å². The molecule has 1 amide bonds. The Kier molecular flexibility index (Phi) is 6.29. The van der Waals surface area contributed by atoms with E-state index in [1.54, 1.807) is 42.3 Å². The van der Waals surface area contributed by atoms with E-state index in [0.717, 1.165) is 37.2 Å². The number of halogens is 1. The van der Waals surface area contributed by atoms with Crippen LogP contribution in [-0.4, -0.2) is 47.5 Å². The van der Waals surface area contributed by atoms with Gasteiger partial charge in [0.15, 0.2) is 0 Å². The molecule has 5 rings (SSSR count). The number of nitrogens with zero attached hydrogens (tertiary/aromatic N) is 4. The Morgan fingerprint density at radius 2 is 1.76 bits per heavy atom. The molecule has 1 aromatic heterocycles. The summed E-state index contributed by atoms with van der Waals surface area (Å²) in [6.07, 6.45) is 4.00. The van der Waals surface area contributed by atoms with Gasteiger partial charge in [0.05, 0.1) is 24.9 Å². The van der Waals surface area contributed by atoms with Crippen molar-refractivity contribution in [3.8, 4) is 17.4 Å². The van der Waals surface area contributed by atoms with Crippen LogP contribution >= 0.6 is 0 Å². The van der Waals surface area contributed by atoms with Crippen LogP contribution in [0.15, 0.2) is 48.5 Å². The van der Waals surface area contributed by atoms with Gasteiger partial charge in [0.25, 0.3) is 5.91 Å². The SMILES string of the molecule is COc1cccc(C(=O)N2CCc3nc(N4CCCCC4)nc(Oc4cccc(F)c4)c3C2)c1. The standard InChI is InChI=1S/C26H27FN4O3/c1-33-20-9-5-7-18(15-20)25(32)31-14-11-23-22(17-31)24(34-21-10-6-8-19(27)16-21)29-26(28-23)30-12-3-2-4-13-30/h5-10,15-16H,2-4,11-14,17H2,1H3. The molecule has 0 bridgehead atoms. The van der Waals surface area contributed by atoms with E-state index in [9.17, 15) is 9.18 Å². The van der Waals surface area contributed by atoms with E-state index in [2.05, 4.69) is 4.90 Å². The highest BCUT2D eigenvalue weighted by molar-refractivity contribution is 5.94. The van der Waals surface area contributed by atoms with Gasteiger partial charge in [-0.15, -0.1) is 0 Å². The number of methoxy groups -OCH3 is 1. The number of ether oxygens (including phenoxy) is 2. The summed E-state index contributed by atoms with van der Waals surface area (Å²) in [6, 6.07) is 13.1. The summed E-state index contributed by atoms with van der Waals surface area (Å²) in [6.45, 7) is 2.66. The summed E-state index contributed by atoms with van der Waals surface area (Å²) in [5.41, 5.74) is 2.19. The molecule has 0 atom stereocenters. The lowest BCUT2D eigenvalue weighted by molar-refractivity contribution is 0.0731. The zero-order valence-corrected chi connectivity index (χ0v) is 19.2. The van der Waals surface area contributed by atoms with Gasteiger partial charge >= 0.3 is 0 Å². The number of amides is 1. The number of carbonyl (C=O) groups excluding carboxylic acids is 1. The predicted molar refractivity (Wildman–Crippen MR) is 126 cm³/mol. The summed E-state index contributed by atoms with van der Waals surface area (Å²) in [4.78, 5) is 26.8. The molecular formula is C26H27FN4O3. The van der Waals surface area contributed by atoms with E-state index >= 15 is 0 Å². The molecule has 7 nitrogen and oxygen atoms in total. The van der Waals surface area contributed by atoms with E-state index in [1.807, 2.05) is 6.07 Å². The number of anilines is 1.